The molecule has 0 atom stereocenters. The molecule has 0 bridgehead atoms. The zero-order valence-corrected chi connectivity index (χ0v) is 16.9. The lowest BCUT2D eigenvalue weighted by Gasteiger charge is -2.18. The molecule has 0 amide bonds. The summed E-state index contributed by atoms with van der Waals surface area (Å²) < 4.78 is 46.2. The van der Waals surface area contributed by atoms with Gasteiger partial charge in [-0.25, -0.2) is 12.8 Å². The van der Waals surface area contributed by atoms with Crippen LogP contribution in [0.15, 0.2) is 88.3 Å². The Hall–Kier alpha value is -3.36. The number of nitrogens with zero attached hydrogens (tertiary/aromatic N) is 3. The van der Waals surface area contributed by atoms with E-state index in [1.165, 1.54) is 41.7 Å². The number of hydrogen-bond donors (Lipinski definition) is 0. The number of benzene rings is 3. The minimum Gasteiger partial charge on any atom is -0.334 e. The third-order valence-electron chi connectivity index (χ3n) is 4.58. The standard InChI is InChI=1S/C22H18FN3O3S/c1-26(15-16-7-3-2-4-8-16)30(27,28)20-10-6-5-9-19(20)22-24-21(25-29-22)17-11-13-18(23)14-12-17/h2-14H,15H2,1H3. The first-order valence-electron chi connectivity index (χ1n) is 9.14. The molecule has 0 saturated carbocycles. The van der Waals surface area contributed by atoms with Crippen LogP contribution in [-0.2, 0) is 16.6 Å². The summed E-state index contributed by atoms with van der Waals surface area (Å²) in [5, 5.41) is 3.91. The molecule has 6 nitrogen and oxygen atoms in total. The zero-order valence-electron chi connectivity index (χ0n) is 16.1. The Morgan fingerprint density at radius 1 is 0.933 bits per heavy atom. The molecule has 1 aromatic heterocycles. The van der Waals surface area contributed by atoms with E-state index in [4.69, 9.17) is 4.52 Å². The lowest BCUT2D eigenvalue weighted by Crippen LogP contribution is -2.27. The number of hydrogen-bond acceptors (Lipinski definition) is 5. The van der Waals surface area contributed by atoms with E-state index in [0.29, 0.717) is 11.1 Å². The van der Waals surface area contributed by atoms with Crippen molar-refractivity contribution in [2.45, 2.75) is 11.4 Å². The van der Waals surface area contributed by atoms with Crippen molar-refractivity contribution in [3.05, 3.63) is 90.2 Å². The van der Waals surface area contributed by atoms with Crippen molar-refractivity contribution in [2.24, 2.45) is 0 Å². The maximum absolute atomic E-state index is 13.2. The van der Waals surface area contributed by atoms with Crippen LogP contribution in [0.5, 0.6) is 0 Å². The number of aromatic nitrogens is 2. The maximum Gasteiger partial charge on any atom is 0.259 e. The van der Waals surface area contributed by atoms with Gasteiger partial charge in [0.2, 0.25) is 15.8 Å². The molecule has 4 rings (SSSR count). The van der Waals surface area contributed by atoms with Crippen molar-refractivity contribution >= 4 is 10.0 Å². The van der Waals surface area contributed by atoms with Crippen LogP contribution in [0.25, 0.3) is 22.8 Å². The maximum atomic E-state index is 13.2. The van der Waals surface area contributed by atoms with E-state index in [2.05, 4.69) is 10.1 Å². The minimum atomic E-state index is -3.82. The van der Waals surface area contributed by atoms with E-state index in [-0.39, 0.29) is 29.0 Å². The second-order valence-electron chi connectivity index (χ2n) is 6.67. The number of sulfonamides is 1. The van der Waals surface area contributed by atoms with E-state index in [9.17, 15) is 12.8 Å². The topological polar surface area (TPSA) is 76.3 Å². The largest absolute Gasteiger partial charge is 0.334 e. The van der Waals surface area contributed by atoms with Gasteiger partial charge in [-0.15, -0.1) is 0 Å². The van der Waals surface area contributed by atoms with Gasteiger partial charge in [0.25, 0.3) is 5.89 Å². The second kappa shape index (κ2) is 8.17. The van der Waals surface area contributed by atoms with Crippen molar-refractivity contribution < 1.29 is 17.3 Å². The summed E-state index contributed by atoms with van der Waals surface area (Å²) >= 11 is 0. The molecular weight excluding hydrogens is 405 g/mol. The summed E-state index contributed by atoms with van der Waals surface area (Å²) in [7, 11) is -2.30. The Bertz CT molecular complexity index is 1260. The molecular formula is C22H18FN3O3S. The van der Waals surface area contributed by atoms with E-state index in [1.54, 1.807) is 18.2 Å². The van der Waals surface area contributed by atoms with Crippen LogP contribution in [0.1, 0.15) is 5.56 Å². The van der Waals surface area contributed by atoms with E-state index < -0.39 is 10.0 Å². The third kappa shape index (κ3) is 4.00. The lowest BCUT2D eigenvalue weighted by molar-refractivity contribution is 0.430. The molecule has 3 aromatic carbocycles. The van der Waals surface area contributed by atoms with Gasteiger partial charge < -0.3 is 4.52 Å². The fourth-order valence-electron chi connectivity index (χ4n) is 3.01. The van der Waals surface area contributed by atoms with Gasteiger partial charge in [0.1, 0.15) is 5.82 Å². The summed E-state index contributed by atoms with van der Waals surface area (Å²) in [6, 6.07) is 21.4. The molecule has 4 aromatic rings. The van der Waals surface area contributed by atoms with Crippen LogP contribution in [-0.4, -0.2) is 29.9 Å². The van der Waals surface area contributed by atoms with Crippen LogP contribution in [0.3, 0.4) is 0 Å². The van der Waals surface area contributed by atoms with E-state index in [1.807, 2.05) is 30.3 Å². The summed E-state index contributed by atoms with van der Waals surface area (Å²) in [5.74, 6) is -0.0585. The smallest absolute Gasteiger partial charge is 0.259 e. The van der Waals surface area contributed by atoms with Crippen molar-refractivity contribution in [2.75, 3.05) is 7.05 Å². The average molecular weight is 423 g/mol. The molecule has 152 valence electrons. The molecule has 1 heterocycles. The number of rotatable bonds is 6. The molecule has 0 aliphatic rings. The molecule has 0 aliphatic carbocycles. The van der Waals surface area contributed by atoms with Gasteiger partial charge >= 0.3 is 0 Å². The normalized spacial score (nSPS) is 11.7. The molecule has 0 N–H and O–H groups in total. The molecule has 30 heavy (non-hydrogen) atoms. The van der Waals surface area contributed by atoms with Crippen molar-refractivity contribution in [1.29, 1.82) is 0 Å². The molecule has 0 radical (unpaired) electrons. The second-order valence-corrected chi connectivity index (χ2v) is 8.69. The number of halogens is 1. The predicted molar refractivity (Wildman–Crippen MR) is 110 cm³/mol. The lowest BCUT2D eigenvalue weighted by atomic mass is 10.2. The van der Waals surface area contributed by atoms with Crippen LogP contribution in [0, 0.1) is 5.82 Å². The predicted octanol–water partition coefficient (Wildman–Crippen LogP) is 4.36. The zero-order chi connectivity index (χ0) is 21.1. The molecule has 0 spiro atoms. The van der Waals surface area contributed by atoms with Crippen LogP contribution >= 0.6 is 0 Å². The molecule has 8 heteroatoms. The third-order valence-corrected chi connectivity index (χ3v) is 6.44. The van der Waals surface area contributed by atoms with Gasteiger partial charge in [-0.2, -0.15) is 9.29 Å². The summed E-state index contributed by atoms with van der Waals surface area (Å²) in [6.45, 7) is 0.224. The Balaban J connectivity index is 1.68. The molecule has 0 saturated heterocycles. The van der Waals surface area contributed by atoms with Crippen LogP contribution in [0.2, 0.25) is 0 Å². The van der Waals surface area contributed by atoms with Crippen LogP contribution < -0.4 is 0 Å². The first kappa shape index (κ1) is 19.9. The Morgan fingerprint density at radius 2 is 1.60 bits per heavy atom. The van der Waals surface area contributed by atoms with Gasteiger partial charge in [-0.1, -0.05) is 47.6 Å². The summed E-state index contributed by atoms with van der Waals surface area (Å²) in [4.78, 5) is 4.38. The first-order chi connectivity index (χ1) is 14.4. The summed E-state index contributed by atoms with van der Waals surface area (Å²) in [5.41, 5.74) is 1.74. The van der Waals surface area contributed by atoms with Gasteiger partial charge in [0.15, 0.2) is 0 Å². The highest BCUT2D eigenvalue weighted by Crippen LogP contribution is 2.30. The fourth-order valence-corrected chi connectivity index (χ4v) is 4.35. The molecule has 0 fully saturated rings. The minimum absolute atomic E-state index is 0.0673. The monoisotopic (exact) mass is 423 g/mol. The van der Waals surface area contributed by atoms with E-state index >= 15 is 0 Å². The SMILES string of the molecule is CN(Cc1ccccc1)S(=O)(=O)c1ccccc1-c1nc(-c2ccc(F)cc2)no1. The van der Waals surface area contributed by atoms with Gasteiger partial charge in [0.05, 0.1) is 10.5 Å². The Morgan fingerprint density at radius 3 is 2.33 bits per heavy atom. The highest BCUT2D eigenvalue weighted by molar-refractivity contribution is 7.89. The van der Waals surface area contributed by atoms with Crippen molar-refractivity contribution in [3.8, 4) is 22.8 Å². The molecule has 0 unspecified atom stereocenters. The van der Waals surface area contributed by atoms with Crippen molar-refractivity contribution in [3.63, 3.8) is 0 Å². The first-order valence-corrected chi connectivity index (χ1v) is 10.6. The van der Waals surface area contributed by atoms with Crippen molar-refractivity contribution in [1.82, 2.24) is 14.4 Å². The average Bonchev–Trinajstić information content (AvgIpc) is 3.25. The molecule has 0 aliphatic heterocycles. The fraction of sp³-hybridized carbons (Fsp3) is 0.0909. The highest BCUT2D eigenvalue weighted by Gasteiger charge is 2.26. The van der Waals surface area contributed by atoms with E-state index in [0.717, 1.165) is 5.56 Å². The van der Waals surface area contributed by atoms with Crippen LogP contribution in [0.4, 0.5) is 4.39 Å². The van der Waals surface area contributed by atoms with Gasteiger partial charge in [-0.05, 0) is 42.0 Å². The summed E-state index contributed by atoms with van der Waals surface area (Å²) in [6.07, 6.45) is 0. The highest BCUT2D eigenvalue weighted by atomic mass is 32.2. The Kier molecular flexibility index (Phi) is 5.43. The quantitative estimate of drug-likeness (QED) is 0.460. The van der Waals surface area contributed by atoms with Gasteiger partial charge in [0, 0.05) is 19.2 Å². The Labute approximate surface area is 173 Å². The van der Waals surface area contributed by atoms with Gasteiger partial charge in [-0.3, -0.25) is 0 Å².